The van der Waals surface area contributed by atoms with E-state index in [4.69, 9.17) is 11.6 Å². The maximum Gasteiger partial charge on any atom is 0.270 e. The average molecular weight is 321 g/mol. The molecule has 6 heteroatoms. The van der Waals surface area contributed by atoms with Crippen LogP contribution in [0, 0.1) is 29.9 Å². The van der Waals surface area contributed by atoms with Crippen LogP contribution in [-0.2, 0) is 13.0 Å². The van der Waals surface area contributed by atoms with E-state index in [0.29, 0.717) is 11.6 Å². The molecule has 0 atom stereocenters. The Morgan fingerprint density at radius 3 is 2.59 bits per heavy atom. The van der Waals surface area contributed by atoms with Crippen molar-refractivity contribution in [1.29, 1.82) is 0 Å². The fourth-order valence-electron chi connectivity index (χ4n) is 2.44. The van der Waals surface area contributed by atoms with Gasteiger partial charge in [-0.05, 0) is 43.4 Å². The summed E-state index contributed by atoms with van der Waals surface area (Å²) in [5.41, 5.74) is 4.17. The largest absolute Gasteiger partial charge is 0.270 e. The minimum atomic E-state index is -0.447. The first-order chi connectivity index (χ1) is 10.3. The van der Waals surface area contributed by atoms with Gasteiger partial charge in [0.1, 0.15) is 0 Å². The molecule has 0 fully saturated rings. The van der Waals surface area contributed by atoms with Gasteiger partial charge in [0.15, 0.2) is 0 Å². The van der Waals surface area contributed by atoms with Crippen molar-refractivity contribution in [3.05, 3.63) is 61.8 Å². The minimum absolute atomic E-state index is 0.000912. The monoisotopic (exact) mass is 320 g/mol. The zero-order chi connectivity index (χ0) is 16.4. The van der Waals surface area contributed by atoms with Crippen molar-refractivity contribution in [1.82, 2.24) is 9.78 Å². The Balaban J connectivity index is 2.30. The first kappa shape index (κ1) is 16.5. The van der Waals surface area contributed by atoms with Crippen LogP contribution in [0.25, 0.3) is 0 Å². The van der Waals surface area contributed by atoms with Crippen LogP contribution in [0.1, 0.15) is 36.4 Å². The number of hydrogen-bond donors (Lipinski definition) is 0. The third-order valence-electron chi connectivity index (χ3n) is 3.63. The second-order valence-corrected chi connectivity index (χ2v) is 6.13. The number of aryl methyl sites for hydroxylation is 1. The molecule has 1 radical (unpaired) electrons. The number of nitro benzene ring substituents is 1. The Hall–Kier alpha value is -1.88. The third-order valence-corrected chi connectivity index (χ3v) is 3.98. The minimum Gasteiger partial charge on any atom is -0.265 e. The summed E-state index contributed by atoms with van der Waals surface area (Å²) in [6.07, 6.45) is 0.908. The number of aromatic nitrogens is 2. The smallest absolute Gasteiger partial charge is 0.265 e. The molecule has 22 heavy (non-hydrogen) atoms. The van der Waals surface area contributed by atoms with Gasteiger partial charge in [0.05, 0.1) is 22.2 Å². The Kier molecular flexibility index (Phi) is 4.86. The Bertz CT molecular complexity index is 708. The molecular formula is C16H19ClN3O2. The summed E-state index contributed by atoms with van der Waals surface area (Å²) in [5.74, 6) is 1.33. The molecule has 0 aliphatic heterocycles. The van der Waals surface area contributed by atoms with Gasteiger partial charge in [-0.3, -0.25) is 14.8 Å². The zero-order valence-corrected chi connectivity index (χ0v) is 13.9. The Morgan fingerprint density at radius 1 is 1.36 bits per heavy atom. The summed E-state index contributed by atoms with van der Waals surface area (Å²) in [6.45, 7) is 8.75. The molecule has 117 valence electrons. The van der Waals surface area contributed by atoms with E-state index in [1.165, 1.54) is 23.6 Å². The number of benzene rings is 1. The molecule has 1 aromatic heterocycles. The molecule has 1 aromatic carbocycles. The van der Waals surface area contributed by atoms with E-state index in [9.17, 15) is 10.1 Å². The Morgan fingerprint density at radius 2 is 2.05 bits per heavy atom. The summed E-state index contributed by atoms with van der Waals surface area (Å²) in [5, 5.41) is 15.7. The van der Waals surface area contributed by atoms with Crippen molar-refractivity contribution in [3.63, 3.8) is 0 Å². The first-order valence-corrected chi connectivity index (χ1v) is 7.42. The SMILES string of the molecule is C[C](C)Cc1c(C)nn(Cc2ccc([N+](=O)[O-])cc2Cl)c1C. The molecule has 1 heterocycles. The van der Waals surface area contributed by atoms with E-state index in [2.05, 4.69) is 18.9 Å². The second-order valence-electron chi connectivity index (χ2n) is 5.72. The predicted molar refractivity (Wildman–Crippen MR) is 87.2 cm³/mol. The summed E-state index contributed by atoms with van der Waals surface area (Å²) in [6, 6.07) is 4.54. The molecule has 0 amide bonds. The van der Waals surface area contributed by atoms with Gasteiger partial charge in [-0.1, -0.05) is 25.4 Å². The van der Waals surface area contributed by atoms with Crippen molar-refractivity contribution in [2.75, 3.05) is 0 Å². The average Bonchev–Trinajstić information content (AvgIpc) is 2.68. The molecule has 0 unspecified atom stereocenters. The van der Waals surface area contributed by atoms with E-state index in [1.54, 1.807) is 6.07 Å². The van der Waals surface area contributed by atoms with Gasteiger partial charge in [-0.15, -0.1) is 0 Å². The lowest BCUT2D eigenvalue weighted by molar-refractivity contribution is -0.384. The topological polar surface area (TPSA) is 61.0 Å². The molecule has 2 aromatic rings. The van der Waals surface area contributed by atoms with Crippen molar-refractivity contribution in [2.45, 2.75) is 40.7 Å². The number of nitrogens with zero attached hydrogens (tertiary/aromatic N) is 3. The molecule has 0 aliphatic rings. The van der Waals surface area contributed by atoms with E-state index in [-0.39, 0.29) is 5.69 Å². The van der Waals surface area contributed by atoms with Gasteiger partial charge in [-0.2, -0.15) is 5.10 Å². The van der Waals surface area contributed by atoms with E-state index in [1.807, 2.05) is 18.5 Å². The highest BCUT2D eigenvalue weighted by molar-refractivity contribution is 6.31. The highest BCUT2D eigenvalue weighted by Gasteiger charge is 2.15. The van der Waals surface area contributed by atoms with Gasteiger partial charge in [0.2, 0.25) is 0 Å². The van der Waals surface area contributed by atoms with Crippen LogP contribution >= 0.6 is 11.6 Å². The lowest BCUT2D eigenvalue weighted by Gasteiger charge is -2.08. The molecule has 0 aliphatic carbocycles. The summed E-state index contributed by atoms with van der Waals surface area (Å²) in [4.78, 5) is 10.3. The van der Waals surface area contributed by atoms with Crippen LogP contribution in [0.3, 0.4) is 0 Å². The Labute approximate surface area is 135 Å². The van der Waals surface area contributed by atoms with Crippen molar-refractivity contribution in [3.8, 4) is 0 Å². The normalized spacial score (nSPS) is 11.2. The number of hydrogen-bond acceptors (Lipinski definition) is 3. The maximum atomic E-state index is 10.8. The molecule has 0 bridgehead atoms. The van der Waals surface area contributed by atoms with Crippen LogP contribution in [0.2, 0.25) is 5.02 Å². The molecule has 5 nitrogen and oxygen atoms in total. The maximum absolute atomic E-state index is 10.8. The van der Waals surface area contributed by atoms with Crippen LogP contribution < -0.4 is 0 Å². The van der Waals surface area contributed by atoms with Crippen LogP contribution in [0.4, 0.5) is 5.69 Å². The fourth-order valence-corrected chi connectivity index (χ4v) is 2.67. The van der Waals surface area contributed by atoms with Crippen molar-refractivity contribution >= 4 is 17.3 Å². The molecule has 0 N–H and O–H groups in total. The van der Waals surface area contributed by atoms with Crippen LogP contribution in [-0.4, -0.2) is 14.7 Å². The van der Waals surface area contributed by atoms with Crippen molar-refractivity contribution in [2.24, 2.45) is 0 Å². The highest BCUT2D eigenvalue weighted by Crippen LogP contribution is 2.25. The lowest BCUT2D eigenvalue weighted by Crippen LogP contribution is -2.05. The molecule has 0 saturated heterocycles. The summed E-state index contributed by atoms with van der Waals surface area (Å²) >= 11 is 6.16. The van der Waals surface area contributed by atoms with E-state index < -0.39 is 4.92 Å². The molecule has 0 saturated carbocycles. The first-order valence-electron chi connectivity index (χ1n) is 7.04. The molecule has 2 rings (SSSR count). The quantitative estimate of drug-likeness (QED) is 0.610. The van der Waals surface area contributed by atoms with Crippen LogP contribution in [0.15, 0.2) is 18.2 Å². The zero-order valence-electron chi connectivity index (χ0n) is 13.2. The summed E-state index contributed by atoms with van der Waals surface area (Å²) in [7, 11) is 0. The molecule has 0 spiro atoms. The fraction of sp³-hybridized carbons (Fsp3) is 0.375. The lowest BCUT2D eigenvalue weighted by atomic mass is 10.0. The standard InChI is InChI=1S/C16H19ClN3O2/c1-10(2)7-15-11(3)18-19(12(15)4)9-13-5-6-14(20(21)22)8-16(13)17/h5-6,8H,7,9H2,1-4H3. The van der Waals surface area contributed by atoms with Gasteiger partial charge in [0.25, 0.3) is 5.69 Å². The van der Waals surface area contributed by atoms with E-state index >= 15 is 0 Å². The number of non-ortho nitro benzene ring substituents is 1. The van der Waals surface area contributed by atoms with Gasteiger partial charge >= 0.3 is 0 Å². The summed E-state index contributed by atoms with van der Waals surface area (Å²) < 4.78 is 1.90. The number of halogens is 1. The molecular weight excluding hydrogens is 302 g/mol. The van der Waals surface area contributed by atoms with Gasteiger partial charge < -0.3 is 0 Å². The van der Waals surface area contributed by atoms with Crippen molar-refractivity contribution < 1.29 is 4.92 Å². The van der Waals surface area contributed by atoms with E-state index in [0.717, 1.165) is 23.4 Å². The number of nitro groups is 1. The van der Waals surface area contributed by atoms with Gasteiger partial charge in [-0.25, -0.2) is 0 Å². The van der Waals surface area contributed by atoms with Crippen LogP contribution in [0.5, 0.6) is 0 Å². The van der Waals surface area contributed by atoms with Gasteiger partial charge in [0, 0.05) is 17.8 Å². The third kappa shape index (κ3) is 3.47. The predicted octanol–water partition coefficient (Wildman–Crippen LogP) is 4.27. The highest BCUT2D eigenvalue weighted by atomic mass is 35.5. The second kappa shape index (κ2) is 6.48. The number of rotatable bonds is 5.